The lowest BCUT2D eigenvalue weighted by Gasteiger charge is -2.24. The molecule has 0 fully saturated rings. The van der Waals surface area contributed by atoms with Crippen LogP contribution in [0.2, 0.25) is 0 Å². The quantitative estimate of drug-likeness (QED) is 0.281. The summed E-state index contributed by atoms with van der Waals surface area (Å²) in [5.74, 6) is -1.98. The molecule has 5 rings (SSSR count). The van der Waals surface area contributed by atoms with Crippen LogP contribution in [0.25, 0.3) is 0 Å². The maximum Gasteiger partial charge on any atom is 0.271 e. The number of non-ortho nitro benzene ring substituents is 1. The molecule has 0 spiro atoms. The van der Waals surface area contributed by atoms with Gasteiger partial charge in [-0.3, -0.25) is 24.5 Å². The van der Waals surface area contributed by atoms with Crippen molar-refractivity contribution in [3.8, 4) is 5.75 Å². The highest BCUT2D eigenvalue weighted by Crippen LogP contribution is 2.39. The van der Waals surface area contributed by atoms with Gasteiger partial charge in [0.05, 0.1) is 27.4 Å². The first kappa shape index (κ1) is 22.5. The first-order valence-electron chi connectivity index (χ1n) is 10.8. The number of hydrogen-bond acceptors (Lipinski definition) is 7. The van der Waals surface area contributed by atoms with Gasteiger partial charge in [0, 0.05) is 34.5 Å². The number of nitrogens with one attached hydrogen (secondary N) is 2. The van der Waals surface area contributed by atoms with Crippen LogP contribution in [0.1, 0.15) is 42.2 Å². The summed E-state index contributed by atoms with van der Waals surface area (Å²) in [4.78, 5) is 50.4. The van der Waals surface area contributed by atoms with Crippen molar-refractivity contribution in [2.75, 3.05) is 10.6 Å². The van der Waals surface area contributed by atoms with Crippen LogP contribution in [-0.4, -0.2) is 22.4 Å². The van der Waals surface area contributed by atoms with Crippen LogP contribution in [0.15, 0.2) is 84.9 Å². The number of nitro groups is 1. The first-order valence-corrected chi connectivity index (χ1v) is 10.8. The molecule has 0 heterocycles. The standard InChI is InChI=1S/C27H17N3O6/c31-22-13-10-16(30(35)36)14-21(22)28-19-11-12-20(29-27(34)15-6-2-1-3-7-15)24-23(19)25(32)17-8-4-5-9-18(17)26(24)33/h1-14,28,31H,(H,29,34)/p-1. The Kier molecular flexibility index (Phi) is 5.50. The number of fused-ring (bicyclic) bond motifs is 2. The zero-order valence-corrected chi connectivity index (χ0v) is 18.5. The molecular formula is C27H16N3O6-. The van der Waals surface area contributed by atoms with Crippen molar-refractivity contribution in [3.63, 3.8) is 0 Å². The Morgan fingerprint density at radius 2 is 1.31 bits per heavy atom. The molecule has 1 aliphatic rings. The van der Waals surface area contributed by atoms with E-state index in [-0.39, 0.29) is 45.0 Å². The second kappa shape index (κ2) is 8.80. The van der Waals surface area contributed by atoms with E-state index in [0.717, 1.165) is 18.2 Å². The summed E-state index contributed by atoms with van der Waals surface area (Å²) >= 11 is 0. The van der Waals surface area contributed by atoms with Gasteiger partial charge in [0.1, 0.15) is 0 Å². The summed E-state index contributed by atoms with van der Waals surface area (Å²) in [5.41, 5.74) is 0.411. The van der Waals surface area contributed by atoms with Crippen molar-refractivity contribution in [1.29, 1.82) is 0 Å². The van der Waals surface area contributed by atoms with E-state index < -0.39 is 28.1 Å². The number of nitrogens with zero attached hydrogens (tertiary/aromatic N) is 1. The summed E-state index contributed by atoms with van der Waals surface area (Å²) in [6.45, 7) is 0. The average Bonchev–Trinajstić information content (AvgIpc) is 2.89. The number of carbonyl (C=O) groups excluding carboxylic acids is 3. The van der Waals surface area contributed by atoms with Gasteiger partial charge in [-0.1, -0.05) is 54.3 Å². The molecule has 1 amide bonds. The Morgan fingerprint density at radius 1 is 0.722 bits per heavy atom. The molecule has 0 unspecified atom stereocenters. The molecule has 0 saturated carbocycles. The fourth-order valence-electron chi connectivity index (χ4n) is 4.09. The number of amides is 1. The second-order valence-corrected chi connectivity index (χ2v) is 8.00. The number of ketones is 2. The predicted octanol–water partition coefficient (Wildman–Crippen LogP) is 4.44. The Hall–Kier alpha value is -5.31. The third kappa shape index (κ3) is 3.84. The Labute approximate surface area is 204 Å². The minimum absolute atomic E-state index is 0.0362. The van der Waals surface area contributed by atoms with Gasteiger partial charge < -0.3 is 15.7 Å². The largest absolute Gasteiger partial charge is 0.871 e. The van der Waals surface area contributed by atoms with Gasteiger partial charge in [0.15, 0.2) is 11.6 Å². The molecule has 4 aromatic carbocycles. The van der Waals surface area contributed by atoms with Crippen molar-refractivity contribution in [3.05, 3.63) is 123 Å². The molecule has 0 radical (unpaired) electrons. The topological polar surface area (TPSA) is 141 Å². The Bertz CT molecular complexity index is 1580. The predicted molar refractivity (Wildman–Crippen MR) is 130 cm³/mol. The lowest BCUT2D eigenvalue weighted by molar-refractivity contribution is -0.385. The molecule has 0 aromatic heterocycles. The van der Waals surface area contributed by atoms with Gasteiger partial charge in [-0.25, -0.2) is 0 Å². The number of nitro benzene ring substituents is 1. The molecule has 9 heteroatoms. The van der Waals surface area contributed by atoms with Gasteiger partial charge in [-0.05, 0) is 24.3 Å². The van der Waals surface area contributed by atoms with Crippen molar-refractivity contribution in [1.82, 2.24) is 0 Å². The van der Waals surface area contributed by atoms with Crippen molar-refractivity contribution in [2.24, 2.45) is 0 Å². The SMILES string of the molecule is O=C(Nc1ccc(Nc2cc([N+](=O)[O-])ccc2[O-])c2c1C(=O)c1ccccc1C2=O)c1ccccc1. The molecule has 0 aliphatic heterocycles. The number of benzene rings is 4. The summed E-state index contributed by atoms with van der Waals surface area (Å²) in [7, 11) is 0. The van der Waals surface area contributed by atoms with Gasteiger partial charge in [0.25, 0.3) is 11.6 Å². The minimum Gasteiger partial charge on any atom is -0.871 e. The molecule has 176 valence electrons. The Morgan fingerprint density at radius 3 is 1.94 bits per heavy atom. The van der Waals surface area contributed by atoms with Crippen LogP contribution < -0.4 is 15.7 Å². The van der Waals surface area contributed by atoms with Crippen LogP contribution in [0.4, 0.5) is 22.7 Å². The van der Waals surface area contributed by atoms with E-state index >= 15 is 0 Å². The van der Waals surface area contributed by atoms with E-state index in [1.807, 2.05) is 0 Å². The maximum absolute atomic E-state index is 13.5. The van der Waals surface area contributed by atoms with Crippen molar-refractivity contribution < 1.29 is 24.4 Å². The highest BCUT2D eigenvalue weighted by atomic mass is 16.6. The van der Waals surface area contributed by atoms with Crippen LogP contribution in [0, 0.1) is 10.1 Å². The van der Waals surface area contributed by atoms with E-state index in [4.69, 9.17) is 0 Å². The van der Waals surface area contributed by atoms with E-state index in [0.29, 0.717) is 5.56 Å². The van der Waals surface area contributed by atoms with Crippen LogP contribution >= 0.6 is 0 Å². The van der Waals surface area contributed by atoms with Crippen molar-refractivity contribution in [2.45, 2.75) is 0 Å². The molecule has 1 aliphatic carbocycles. The van der Waals surface area contributed by atoms with Crippen LogP contribution in [-0.2, 0) is 0 Å². The molecule has 2 N–H and O–H groups in total. The van der Waals surface area contributed by atoms with E-state index in [9.17, 15) is 29.6 Å². The molecular weight excluding hydrogens is 462 g/mol. The average molecular weight is 478 g/mol. The first-order chi connectivity index (χ1) is 17.3. The zero-order valence-electron chi connectivity index (χ0n) is 18.5. The van der Waals surface area contributed by atoms with Gasteiger partial charge in [-0.15, -0.1) is 0 Å². The molecule has 0 atom stereocenters. The number of anilines is 3. The molecule has 0 saturated heterocycles. The van der Waals surface area contributed by atoms with Gasteiger partial charge in [-0.2, -0.15) is 0 Å². The highest BCUT2D eigenvalue weighted by Gasteiger charge is 2.34. The molecule has 0 bridgehead atoms. The number of rotatable bonds is 5. The summed E-state index contributed by atoms with van der Waals surface area (Å²) in [6, 6.07) is 20.7. The minimum atomic E-state index is -0.646. The normalized spacial score (nSPS) is 11.9. The van der Waals surface area contributed by atoms with E-state index in [1.54, 1.807) is 42.5 Å². The summed E-state index contributed by atoms with van der Waals surface area (Å²) < 4.78 is 0. The molecule has 9 nitrogen and oxygen atoms in total. The Balaban J connectivity index is 1.65. The second-order valence-electron chi connectivity index (χ2n) is 8.00. The van der Waals surface area contributed by atoms with Crippen LogP contribution in [0.3, 0.4) is 0 Å². The summed E-state index contributed by atoms with van der Waals surface area (Å²) in [6.07, 6.45) is 0. The van der Waals surface area contributed by atoms with Gasteiger partial charge >= 0.3 is 0 Å². The summed E-state index contributed by atoms with van der Waals surface area (Å²) in [5, 5.41) is 29.1. The van der Waals surface area contributed by atoms with Gasteiger partial charge in [0.2, 0.25) is 0 Å². The maximum atomic E-state index is 13.5. The lowest BCUT2D eigenvalue weighted by Crippen LogP contribution is -2.25. The lowest BCUT2D eigenvalue weighted by atomic mass is 9.82. The van der Waals surface area contributed by atoms with E-state index in [2.05, 4.69) is 10.6 Å². The molecule has 36 heavy (non-hydrogen) atoms. The number of carbonyl (C=O) groups is 3. The fourth-order valence-corrected chi connectivity index (χ4v) is 4.09. The smallest absolute Gasteiger partial charge is 0.271 e. The third-order valence-corrected chi connectivity index (χ3v) is 5.80. The molecule has 4 aromatic rings. The fraction of sp³-hybridized carbons (Fsp3) is 0. The van der Waals surface area contributed by atoms with E-state index in [1.165, 1.54) is 24.3 Å². The monoisotopic (exact) mass is 478 g/mol. The van der Waals surface area contributed by atoms with Crippen molar-refractivity contribution >= 4 is 40.2 Å². The highest BCUT2D eigenvalue weighted by molar-refractivity contribution is 6.32. The number of hydrogen-bond donors (Lipinski definition) is 2. The third-order valence-electron chi connectivity index (χ3n) is 5.80. The zero-order chi connectivity index (χ0) is 25.4. The van der Waals surface area contributed by atoms with Crippen LogP contribution in [0.5, 0.6) is 5.75 Å².